The van der Waals surface area contributed by atoms with Crippen molar-refractivity contribution in [3.05, 3.63) is 29.6 Å². The fraction of sp³-hybridized carbons (Fsp3) is 0.250. The molecule has 1 rings (SSSR count). The average molecular weight is 218 g/mol. The third-order valence-electron chi connectivity index (χ3n) is 1.69. The summed E-state index contributed by atoms with van der Waals surface area (Å²) < 4.78 is 34.8. The van der Waals surface area contributed by atoms with Crippen LogP contribution in [0.3, 0.4) is 0 Å². The summed E-state index contributed by atoms with van der Waals surface area (Å²) in [5.41, 5.74) is 5.79. The van der Waals surface area contributed by atoms with Crippen molar-refractivity contribution in [2.45, 2.75) is 11.3 Å². The molecule has 0 amide bonds. The second-order valence-corrected chi connectivity index (χ2v) is 4.44. The van der Waals surface area contributed by atoms with E-state index < -0.39 is 15.8 Å². The quantitative estimate of drug-likeness (QED) is 0.747. The summed E-state index contributed by atoms with van der Waals surface area (Å²) in [6.07, 6.45) is 0.417. The predicted molar refractivity (Wildman–Crippen MR) is 50.5 cm³/mol. The number of benzene rings is 1. The Kier molecular flexibility index (Phi) is 3.20. The first kappa shape index (κ1) is 11.1. The van der Waals surface area contributed by atoms with E-state index in [4.69, 9.17) is 10.9 Å². The normalized spacial score (nSPS) is 11.6. The van der Waals surface area contributed by atoms with Crippen LogP contribution in [-0.2, 0) is 16.4 Å². The molecule has 0 saturated carbocycles. The Hall–Kier alpha value is -0.980. The van der Waals surface area contributed by atoms with Crippen LogP contribution >= 0.6 is 0 Å². The molecule has 78 valence electrons. The van der Waals surface area contributed by atoms with Gasteiger partial charge in [-0.2, -0.15) is 0 Å². The smallest absolute Gasteiger partial charge is 0.238 e. The molecule has 0 bridgehead atoms. The largest absolute Gasteiger partial charge is 0.330 e. The van der Waals surface area contributed by atoms with Gasteiger partial charge in [0.1, 0.15) is 5.82 Å². The van der Waals surface area contributed by atoms with Gasteiger partial charge in [-0.25, -0.2) is 17.9 Å². The molecule has 0 radical (unpaired) electrons. The maximum Gasteiger partial charge on any atom is 0.238 e. The fourth-order valence-corrected chi connectivity index (χ4v) is 1.69. The maximum absolute atomic E-state index is 12.9. The number of hydrogen-bond donors (Lipinski definition) is 2. The van der Waals surface area contributed by atoms with Crippen LogP contribution in [0.15, 0.2) is 23.1 Å². The van der Waals surface area contributed by atoms with Crippen LogP contribution in [0.1, 0.15) is 5.56 Å². The van der Waals surface area contributed by atoms with Gasteiger partial charge in [0, 0.05) is 0 Å². The first-order valence-corrected chi connectivity index (χ1v) is 5.50. The summed E-state index contributed by atoms with van der Waals surface area (Å²) in [5.74, 6) is -0.625. The lowest BCUT2D eigenvalue weighted by molar-refractivity contribution is 0.591. The number of rotatable bonds is 3. The van der Waals surface area contributed by atoms with Crippen molar-refractivity contribution in [1.29, 1.82) is 0 Å². The minimum atomic E-state index is -3.85. The highest BCUT2D eigenvalue weighted by molar-refractivity contribution is 7.89. The summed E-state index contributed by atoms with van der Waals surface area (Å²) in [5, 5.41) is 4.87. The summed E-state index contributed by atoms with van der Waals surface area (Å²) in [6, 6.07) is 3.45. The van der Waals surface area contributed by atoms with Gasteiger partial charge in [-0.1, -0.05) is 0 Å². The lowest BCUT2D eigenvalue weighted by atomic mass is 10.1. The van der Waals surface area contributed by atoms with Gasteiger partial charge in [-0.05, 0) is 36.7 Å². The zero-order valence-corrected chi connectivity index (χ0v) is 8.22. The third kappa shape index (κ3) is 2.76. The van der Waals surface area contributed by atoms with E-state index in [-0.39, 0.29) is 4.90 Å². The second-order valence-electron chi connectivity index (χ2n) is 2.88. The maximum atomic E-state index is 12.9. The molecule has 0 atom stereocenters. The van der Waals surface area contributed by atoms with E-state index in [0.717, 1.165) is 6.07 Å². The zero-order chi connectivity index (χ0) is 10.8. The van der Waals surface area contributed by atoms with Crippen LogP contribution in [0.5, 0.6) is 0 Å². The number of hydrogen-bond acceptors (Lipinski definition) is 3. The van der Waals surface area contributed by atoms with Gasteiger partial charge in [-0.15, -0.1) is 0 Å². The summed E-state index contributed by atoms with van der Waals surface area (Å²) in [7, 11) is -3.85. The van der Waals surface area contributed by atoms with Crippen LogP contribution in [0.4, 0.5) is 4.39 Å². The topological polar surface area (TPSA) is 86.2 Å². The second kappa shape index (κ2) is 4.04. The molecular formula is C8H11FN2O2S. The summed E-state index contributed by atoms with van der Waals surface area (Å²) in [6.45, 7) is 0.327. The molecule has 0 aliphatic heterocycles. The highest BCUT2D eigenvalue weighted by Gasteiger charge is 2.10. The molecule has 0 aliphatic carbocycles. The zero-order valence-electron chi connectivity index (χ0n) is 7.40. The molecule has 1 aromatic carbocycles. The minimum absolute atomic E-state index is 0.221. The Morgan fingerprint density at radius 1 is 1.29 bits per heavy atom. The fourth-order valence-electron chi connectivity index (χ4n) is 1.10. The Labute approximate surface area is 81.8 Å². The van der Waals surface area contributed by atoms with E-state index in [1.165, 1.54) is 12.1 Å². The van der Waals surface area contributed by atoms with Crippen LogP contribution in [0.25, 0.3) is 0 Å². The summed E-state index contributed by atoms with van der Waals surface area (Å²) in [4.78, 5) is -0.221. The molecular weight excluding hydrogens is 207 g/mol. The number of primary sulfonamides is 1. The highest BCUT2D eigenvalue weighted by Crippen LogP contribution is 2.13. The molecule has 4 N–H and O–H groups in total. The predicted octanol–water partition coefficient (Wildman–Crippen LogP) is -0.0257. The monoisotopic (exact) mass is 218 g/mol. The van der Waals surface area contributed by atoms with Gasteiger partial charge in [0.05, 0.1) is 4.90 Å². The van der Waals surface area contributed by atoms with Crippen molar-refractivity contribution in [2.24, 2.45) is 10.9 Å². The number of halogens is 1. The molecule has 0 saturated heterocycles. The van der Waals surface area contributed by atoms with Crippen molar-refractivity contribution < 1.29 is 12.8 Å². The lowest BCUT2D eigenvalue weighted by Gasteiger charge is -2.03. The Balaban J connectivity index is 3.21. The van der Waals surface area contributed by atoms with Crippen molar-refractivity contribution >= 4 is 10.0 Å². The molecule has 0 unspecified atom stereocenters. The van der Waals surface area contributed by atoms with Crippen molar-refractivity contribution in [2.75, 3.05) is 6.54 Å². The van der Waals surface area contributed by atoms with E-state index in [9.17, 15) is 12.8 Å². The van der Waals surface area contributed by atoms with Crippen LogP contribution in [-0.4, -0.2) is 15.0 Å². The van der Waals surface area contributed by atoms with Crippen LogP contribution in [0.2, 0.25) is 0 Å². The Morgan fingerprint density at radius 3 is 2.43 bits per heavy atom. The van der Waals surface area contributed by atoms with Gasteiger partial charge in [-0.3, -0.25) is 0 Å². The number of nitrogens with two attached hydrogens (primary N) is 2. The molecule has 0 aliphatic rings. The van der Waals surface area contributed by atoms with E-state index in [1.54, 1.807) is 0 Å². The molecule has 6 heteroatoms. The van der Waals surface area contributed by atoms with Crippen LogP contribution < -0.4 is 10.9 Å². The van der Waals surface area contributed by atoms with Crippen molar-refractivity contribution in [3.63, 3.8) is 0 Å². The minimum Gasteiger partial charge on any atom is -0.330 e. The van der Waals surface area contributed by atoms with Crippen molar-refractivity contribution in [3.8, 4) is 0 Å². The third-order valence-corrected chi connectivity index (χ3v) is 2.59. The summed E-state index contributed by atoms with van der Waals surface area (Å²) >= 11 is 0. The van der Waals surface area contributed by atoms with Crippen LogP contribution in [0, 0.1) is 5.82 Å². The van der Waals surface area contributed by atoms with Gasteiger partial charge in [0.15, 0.2) is 0 Å². The number of sulfonamides is 1. The lowest BCUT2D eigenvalue weighted by Crippen LogP contribution is -2.13. The van der Waals surface area contributed by atoms with Gasteiger partial charge in [0.2, 0.25) is 10.0 Å². The van der Waals surface area contributed by atoms with E-state index >= 15 is 0 Å². The van der Waals surface area contributed by atoms with Gasteiger partial charge in [0.25, 0.3) is 0 Å². The molecule has 0 heterocycles. The molecule has 0 spiro atoms. The molecule has 0 fully saturated rings. The van der Waals surface area contributed by atoms with E-state index in [1.807, 2.05) is 0 Å². The Morgan fingerprint density at radius 2 is 1.93 bits per heavy atom. The highest BCUT2D eigenvalue weighted by atomic mass is 32.2. The molecule has 14 heavy (non-hydrogen) atoms. The standard InChI is InChI=1S/C8H11FN2O2S/c9-7-3-6(1-2-10)4-8(5-7)14(11,12)13/h3-5H,1-2,10H2,(H2,11,12,13). The average Bonchev–Trinajstić information content (AvgIpc) is 2.02. The molecule has 0 aromatic heterocycles. The van der Waals surface area contributed by atoms with Gasteiger partial charge >= 0.3 is 0 Å². The molecule has 4 nitrogen and oxygen atoms in total. The first-order chi connectivity index (χ1) is 6.43. The Bertz CT molecular complexity index is 431. The first-order valence-electron chi connectivity index (χ1n) is 3.96. The van der Waals surface area contributed by atoms with Gasteiger partial charge < -0.3 is 5.73 Å². The van der Waals surface area contributed by atoms with E-state index in [0.29, 0.717) is 18.5 Å². The van der Waals surface area contributed by atoms with E-state index in [2.05, 4.69) is 0 Å². The van der Waals surface area contributed by atoms with Crippen molar-refractivity contribution in [1.82, 2.24) is 0 Å². The SMILES string of the molecule is NCCc1cc(F)cc(S(N)(=O)=O)c1. The molecule has 1 aromatic rings.